The summed E-state index contributed by atoms with van der Waals surface area (Å²) in [6, 6.07) is 3.86. The first-order valence-electron chi connectivity index (χ1n) is 5.63. The lowest BCUT2D eigenvalue weighted by atomic mass is 10.1. The average molecular weight is 251 g/mol. The number of hydrogen-bond acceptors (Lipinski definition) is 4. The third-order valence-electron chi connectivity index (χ3n) is 2.78. The summed E-state index contributed by atoms with van der Waals surface area (Å²) < 4.78 is 5.67. The fourth-order valence-corrected chi connectivity index (χ4v) is 2.05. The minimum absolute atomic E-state index is 0.123. The lowest BCUT2D eigenvalue weighted by Crippen LogP contribution is -2.48. The van der Waals surface area contributed by atoms with Crippen LogP contribution in [-0.2, 0) is 4.74 Å². The van der Waals surface area contributed by atoms with Crippen molar-refractivity contribution in [3.63, 3.8) is 0 Å². The van der Waals surface area contributed by atoms with Gasteiger partial charge in [0, 0.05) is 24.8 Å². The molecule has 0 aromatic carbocycles. The molecule has 1 saturated heterocycles. The largest absolute Gasteiger partial charge is 0.389 e. The van der Waals surface area contributed by atoms with Crippen LogP contribution in [-0.4, -0.2) is 35.3 Å². The zero-order valence-electron chi connectivity index (χ0n) is 10.1. The molecule has 0 unspecified atom stereocenters. The zero-order chi connectivity index (χ0) is 12.5. The van der Waals surface area contributed by atoms with Crippen molar-refractivity contribution in [2.24, 2.45) is 5.73 Å². The van der Waals surface area contributed by atoms with Gasteiger partial charge in [-0.05, 0) is 26.0 Å². The van der Waals surface area contributed by atoms with Crippen LogP contribution in [0.5, 0.6) is 0 Å². The fraction of sp³-hybridized carbons (Fsp3) is 0.500. The molecule has 5 heteroatoms. The van der Waals surface area contributed by atoms with Crippen LogP contribution in [0.25, 0.3) is 0 Å². The first-order chi connectivity index (χ1) is 7.98. The molecule has 2 N–H and O–H groups in total. The van der Waals surface area contributed by atoms with Gasteiger partial charge in [0.05, 0.1) is 12.2 Å². The van der Waals surface area contributed by atoms with Crippen LogP contribution in [0.2, 0.25) is 0 Å². The normalized spacial score (nSPS) is 19.1. The summed E-state index contributed by atoms with van der Waals surface area (Å²) >= 11 is 4.90. The summed E-state index contributed by atoms with van der Waals surface area (Å²) in [5.41, 5.74) is 6.22. The van der Waals surface area contributed by atoms with Gasteiger partial charge in [-0.15, -0.1) is 0 Å². The van der Waals surface area contributed by atoms with Crippen molar-refractivity contribution in [2.75, 3.05) is 24.6 Å². The van der Waals surface area contributed by atoms with Gasteiger partial charge in [0.25, 0.3) is 0 Å². The number of anilines is 1. The standard InChI is InChI=1S/C12H17N3OS/c1-12(2)8-15(5-6-16-12)10-4-3-9(7-14-10)11(13)17/h3-4,7H,5-6,8H2,1-2H3,(H2,13,17). The number of aromatic nitrogens is 1. The molecule has 0 radical (unpaired) electrons. The van der Waals surface area contributed by atoms with Crippen molar-refractivity contribution in [2.45, 2.75) is 19.4 Å². The summed E-state index contributed by atoms with van der Waals surface area (Å²) in [7, 11) is 0. The Morgan fingerprint density at radius 3 is 2.82 bits per heavy atom. The minimum Gasteiger partial charge on any atom is -0.389 e. The lowest BCUT2D eigenvalue weighted by molar-refractivity contribution is -0.0279. The predicted octanol–water partition coefficient (Wildman–Crippen LogP) is 1.33. The minimum atomic E-state index is -0.123. The number of thiocarbonyl (C=S) groups is 1. The van der Waals surface area contributed by atoms with E-state index < -0.39 is 0 Å². The van der Waals surface area contributed by atoms with Gasteiger partial charge in [0.15, 0.2) is 0 Å². The van der Waals surface area contributed by atoms with Crippen LogP contribution in [0.15, 0.2) is 18.3 Å². The van der Waals surface area contributed by atoms with Crippen LogP contribution < -0.4 is 10.6 Å². The van der Waals surface area contributed by atoms with Crippen molar-refractivity contribution in [1.82, 2.24) is 4.98 Å². The number of nitrogens with two attached hydrogens (primary N) is 1. The summed E-state index contributed by atoms with van der Waals surface area (Å²) in [5.74, 6) is 0.946. The highest BCUT2D eigenvalue weighted by atomic mass is 32.1. The highest BCUT2D eigenvalue weighted by Gasteiger charge is 2.27. The second-order valence-electron chi connectivity index (χ2n) is 4.80. The van der Waals surface area contributed by atoms with Crippen molar-refractivity contribution < 1.29 is 4.74 Å². The Bertz CT molecular complexity index is 416. The first kappa shape index (κ1) is 12.3. The highest BCUT2D eigenvalue weighted by molar-refractivity contribution is 7.80. The smallest absolute Gasteiger partial charge is 0.128 e. The Labute approximate surface area is 107 Å². The molecular formula is C12H17N3OS. The van der Waals surface area contributed by atoms with Crippen molar-refractivity contribution >= 4 is 23.0 Å². The van der Waals surface area contributed by atoms with Gasteiger partial charge in [-0.2, -0.15) is 0 Å². The molecule has 1 aromatic heterocycles. The van der Waals surface area contributed by atoms with Crippen LogP contribution in [0.1, 0.15) is 19.4 Å². The molecule has 0 saturated carbocycles. The molecule has 2 rings (SSSR count). The molecule has 0 amide bonds. The van der Waals surface area contributed by atoms with Gasteiger partial charge in [0.2, 0.25) is 0 Å². The van der Waals surface area contributed by atoms with Crippen molar-refractivity contribution in [3.8, 4) is 0 Å². The van der Waals surface area contributed by atoms with E-state index in [9.17, 15) is 0 Å². The van der Waals surface area contributed by atoms with Gasteiger partial charge in [-0.3, -0.25) is 0 Å². The lowest BCUT2D eigenvalue weighted by Gasteiger charge is -2.38. The van der Waals surface area contributed by atoms with E-state index in [-0.39, 0.29) is 5.60 Å². The topological polar surface area (TPSA) is 51.4 Å². The molecule has 1 aromatic rings. The number of ether oxygens (including phenoxy) is 1. The van der Waals surface area contributed by atoms with Crippen LogP contribution in [0, 0.1) is 0 Å². The van der Waals surface area contributed by atoms with Crippen LogP contribution in [0.4, 0.5) is 5.82 Å². The van der Waals surface area contributed by atoms with E-state index in [0.717, 1.165) is 31.1 Å². The molecular weight excluding hydrogens is 234 g/mol. The molecule has 1 aliphatic rings. The maximum atomic E-state index is 5.67. The van der Waals surface area contributed by atoms with E-state index in [1.807, 2.05) is 12.1 Å². The molecule has 2 heterocycles. The molecule has 17 heavy (non-hydrogen) atoms. The average Bonchev–Trinajstić information content (AvgIpc) is 2.28. The quantitative estimate of drug-likeness (QED) is 0.804. The van der Waals surface area contributed by atoms with E-state index in [0.29, 0.717) is 4.99 Å². The van der Waals surface area contributed by atoms with Crippen molar-refractivity contribution in [3.05, 3.63) is 23.9 Å². The number of morpholine rings is 1. The SMILES string of the molecule is CC1(C)CN(c2ccc(C(N)=S)cn2)CCO1. The summed E-state index contributed by atoms with van der Waals surface area (Å²) in [5, 5.41) is 0. The Hall–Kier alpha value is -1.20. The van der Waals surface area contributed by atoms with Gasteiger partial charge in [-0.25, -0.2) is 4.98 Å². The zero-order valence-corrected chi connectivity index (χ0v) is 11.0. The van der Waals surface area contributed by atoms with E-state index in [1.54, 1.807) is 6.20 Å². The maximum Gasteiger partial charge on any atom is 0.128 e. The molecule has 0 atom stereocenters. The van der Waals surface area contributed by atoms with Gasteiger partial charge < -0.3 is 15.4 Å². The maximum absolute atomic E-state index is 5.67. The molecule has 0 aliphatic carbocycles. The van der Waals surface area contributed by atoms with Crippen LogP contribution >= 0.6 is 12.2 Å². The highest BCUT2D eigenvalue weighted by Crippen LogP contribution is 2.21. The van der Waals surface area contributed by atoms with Gasteiger partial charge in [0.1, 0.15) is 10.8 Å². The first-order valence-corrected chi connectivity index (χ1v) is 6.03. The Balaban J connectivity index is 2.14. The Kier molecular flexibility index (Phi) is 3.31. The Morgan fingerprint density at radius 2 is 2.29 bits per heavy atom. The molecule has 1 aliphatic heterocycles. The summed E-state index contributed by atoms with van der Waals surface area (Å²) in [4.78, 5) is 6.99. The number of hydrogen-bond donors (Lipinski definition) is 1. The third-order valence-corrected chi connectivity index (χ3v) is 3.02. The predicted molar refractivity (Wildman–Crippen MR) is 72.4 cm³/mol. The van der Waals surface area contributed by atoms with Gasteiger partial charge >= 0.3 is 0 Å². The third kappa shape index (κ3) is 2.92. The second-order valence-corrected chi connectivity index (χ2v) is 5.24. The second kappa shape index (κ2) is 4.58. The molecule has 0 bridgehead atoms. The molecule has 1 fully saturated rings. The molecule has 92 valence electrons. The molecule has 0 spiro atoms. The molecule has 4 nitrogen and oxygen atoms in total. The summed E-state index contributed by atoms with van der Waals surface area (Å²) in [6.45, 7) is 6.60. The Morgan fingerprint density at radius 1 is 1.53 bits per heavy atom. The van der Waals surface area contributed by atoms with Crippen LogP contribution in [0.3, 0.4) is 0 Å². The van der Waals surface area contributed by atoms with Gasteiger partial charge in [-0.1, -0.05) is 12.2 Å². The van der Waals surface area contributed by atoms with E-state index in [1.165, 1.54) is 0 Å². The van der Waals surface area contributed by atoms with E-state index in [4.69, 9.17) is 22.7 Å². The number of rotatable bonds is 2. The monoisotopic (exact) mass is 251 g/mol. The van der Waals surface area contributed by atoms with E-state index >= 15 is 0 Å². The summed E-state index contributed by atoms with van der Waals surface area (Å²) in [6.07, 6.45) is 1.72. The fourth-order valence-electron chi connectivity index (χ4n) is 1.93. The van der Waals surface area contributed by atoms with Crippen molar-refractivity contribution in [1.29, 1.82) is 0 Å². The number of nitrogens with zero attached hydrogens (tertiary/aromatic N) is 2. The number of pyridine rings is 1. The van der Waals surface area contributed by atoms with E-state index in [2.05, 4.69) is 23.7 Å².